The van der Waals surface area contributed by atoms with Crippen LogP contribution in [0.2, 0.25) is 0 Å². The summed E-state index contributed by atoms with van der Waals surface area (Å²) < 4.78 is 15.6. The number of aliphatic hydroxyl groups is 1. The minimum atomic E-state index is -0.549. The third-order valence-corrected chi connectivity index (χ3v) is 9.46. The molecule has 1 atom stereocenters. The minimum Gasteiger partial charge on any atom is -0.441 e. The number of nitrogens with zero attached hydrogens (tertiary/aromatic N) is 3. The number of allylic oxidation sites excluding steroid dienone is 1. The molecule has 0 bridgehead atoms. The monoisotopic (exact) mass is 723 g/mol. The van der Waals surface area contributed by atoms with Crippen molar-refractivity contribution < 1.29 is 19.4 Å². The molecule has 2 aromatic carbocycles. The second kappa shape index (κ2) is 19.0. The molecular formula is C30H38IN5O4S2. The Morgan fingerprint density at radius 3 is 2.62 bits per heavy atom. The predicted octanol–water partition coefficient (Wildman–Crippen LogP) is 6.78. The molecule has 1 amide bonds. The van der Waals surface area contributed by atoms with Crippen LogP contribution in [-0.2, 0) is 15.9 Å². The van der Waals surface area contributed by atoms with Crippen LogP contribution in [0.5, 0.6) is 0 Å². The number of carbonyl (C=O) groups excluding carboxylic acids is 1. The zero-order valence-electron chi connectivity index (χ0n) is 23.8. The first-order chi connectivity index (χ1) is 20.5. The molecule has 1 unspecified atom stereocenters. The van der Waals surface area contributed by atoms with Crippen molar-refractivity contribution in [2.24, 2.45) is 19.2 Å². The van der Waals surface area contributed by atoms with Crippen molar-refractivity contribution in [1.82, 2.24) is 5.32 Å². The SMILES string of the molecule is C=C(CCO)/C1=C(\N=NC)c2ccccc2CC(OC(=O)NCCOCCSSCCCC(N)=NI)c2ccccc21. The summed E-state index contributed by atoms with van der Waals surface area (Å²) in [6.45, 7) is 5.56. The number of aliphatic hydroxyl groups excluding tert-OH is 1. The van der Waals surface area contributed by atoms with E-state index in [1.165, 1.54) is 0 Å². The molecule has 226 valence electrons. The summed E-state index contributed by atoms with van der Waals surface area (Å²) in [6, 6.07) is 15.7. The Balaban J connectivity index is 1.62. The third kappa shape index (κ3) is 10.4. The van der Waals surface area contributed by atoms with Gasteiger partial charge < -0.3 is 25.6 Å². The van der Waals surface area contributed by atoms with Gasteiger partial charge in [0.1, 0.15) is 17.6 Å². The quantitative estimate of drug-likeness (QED) is 0.0435. The summed E-state index contributed by atoms with van der Waals surface area (Å²) in [4.78, 5) is 12.9. The molecule has 0 fully saturated rings. The first kappa shape index (κ1) is 34.1. The maximum atomic E-state index is 12.9. The maximum Gasteiger partial charge on any atom is 0.407 e. The van der Waals surface area contributed by atoms with Gasteiger partial charge in [0.25, 0.3) is 0 Å². The Kier molecular flexibility index (Phi) is 15.4. The van der Waals surface area contributed by atoms with Crippen LogP contribution in [-0.4, -0.2) is 62.0 Å². The van der Waals surface area contributed by atoms with Crippen molar-refractivity contribution in [3.8, 4) is 0 Å². The topological polar surface area (TPSA) is 131 Å². The van der Waals surface area contributed by atoms with Crippen LogP contribution < -0.4 is 11.1 Å². The Bertz CT molecular complexity index is 1290. The van der Waals surface area contributed by atoms with Crippen molar-refractivity contribution >= 4 is 67.7 Å². The number of carbonyl (C=O) groups is 1. The van der Waals surface area contributed by atoms with Gasteiger partial charge in [0.05, 0.1) is 36.1 Å². The molecule has 42 heavy (non-hydrogen) atoms. The Morgan fingerprint density at radius 2 is 1.86 bits per heavy atom. The standard InChI is InChI=1S/C30H38IN5O4S2/c1-21(13-15-37)28-25-11-6-5-10-24(25)26(20-22-8-3-4-9-23(22)29(28)36-33-2)40-30(38)34-14-16-39-17-19-42-41-18-7-12-27(32)35-31/h3-6,8-11,26,37H,1,7,12-20H2,2H3,(H2,32,35)(H,34,38)/b29-28+,36-33?. The van der Waals surface area contributed by atoms with Crippen LogP contribution in [0.3, 0.4) is 0 Å². The highest BCUT2D eigenvalue weighted by Gasteiger charge is 2.29. The van der Waals surface area contributed by atoms with Crippen LogP contribution >= 0.6 is 44.5 Å². The van der Waals surface area contributed by atoms with Crippen molar-refractivity contribution in [3.63, 3.8) is 0 Å². The number of amides is 1. The van der Waals surface area contributed by atoms with Gasteiger partial charge >= 0.3 is 6.09 Å². The average molecular weight is 724 g/mol. The van der Waals surface area contributed by atoms with E-state index in [-0.39, 0.29) is 6.61 Å². The fourth-order valence-corrected chi connectivity index (χ4v) is 6.69. The highest BCUT2D eigenvalue weighted by molar-refractivity contribution is 14.1. The van der Waals surface area contributed by atoms with Crippen LogP contribution in [0.25, 0.3) is 11.3 Å². The lowest BCUT2D eigenvalue weighted by atomic mass is 9.82. The second-order valence-corrected chi connectivity index (χ2v) is 12.5. The molecule has 0 heterocycles. The number of hydrogen-bond acceptors (Lipinski definition) is 9. The summed E-state index contributed by atoms with van der Waals surface area (Å²) in [5.74, 6) is 2.55. The molecule has 9 nitrogen and oxygen atoms in total. The fourth-order valence-electron chi connectivity index (χ4n) is 4.50. The first-order valence-electron chi connectivity index (χ1n) is 13.7. The normalized spacial score (nSPS) is 16.8. The number of benzene rings is 2. The highest BCUT2D eigenvalue weighted by Crippen LogP contribution is 2.42. The van der Waals surface area contributed by atoms with E-state index < -0.39 is 12.2 Å². The van der Waals surface area contributed by atoms with Gasteiger partial charge in [-0.15, -0.1) is 0 Å². The van der Waals surface area contributed by atoms with Gasteiger partial charge in [0.2, 0.25) is 0 Å². The molecule has 2 aromatic rings. The molecule has 0 spiro atoms. The summed E-state index contributed by atoms with van der Waals surface area (Å²) in [7, 11) is 5.19. The molecule has 0 saturated carbocycles. The maximum absolute atomic E-state index is 12.9. The second-order valence-electron chi connectivity index (χ2n) is 9.31. The smallest absolute Gasteiger partial charge is 0.407 e. The van der Waals surface area contributed by atoms with Crippen LogP contribution in [0.4, 0.5) is 4.79 Å². The molecule has 12 heteroatoms. The summed E-state index contributed by atoms with van der Waals surface area (Å²) in [5.41, 5.74) is 11.5. The molecule has 4 N–H and O–H groups in total. The third-order valence-electron chi connectivity index (χ3n) is 6.39. The number of amidine groups is 1. The zero-order chi connectivity index (χ0) is 30.2. The van der Waals surface area contributed by atoms with Crippen molar-refractivity contribution in [2.45, 2.75) is 31.8 Å². The average Bonchev–Trinajstić information content (AvgIpc) is 2.99. The van der Waals surface area contributed by atoms with Crippen LogP contribution in [0.1, 0.15) is 47.6 Å². The number of nitrogens with one attached hydrogen (secondary N) is 1. The molecule has 1 aliphatic rings. The molecule has 1 aliphatic carbocycles. The fraction of sp³-hybridized carbons (Fsp3) is 0.400. The molecular weight excluding hydrogens is 685 g/mol. The summed E-state index contributed by atoms with van der Waals surface area (Å²) in [5, 5.41) is 21.1. The number of ether oxygens (including phenoxy) is 2. The molecule has 0 radical (unpaired) electrons. The van der Waals surface area contributed by atoms with E-state index in [0.29, 0.717) is 44.1 Å². The van der Waals surface area contributed by atoms with Gasteiger partial charge in [-0.3, -0.25) is 0 Å². The molecule has 0 aromatic heterocycles. The van der Waals surface area contributed by atoms with Crippen molar-refractivity contribution in [2.75, 3.05) is 44.9 Å². The van der Waals surface area contributed by atoms with E-state index in [1.54, 1.807) is 28.6 Å². The van der Waals surface area contributed by atoms with Gasteiger partial charge in [0.15, 0.2) is 0 Å². The largest absolute Gasteiger partial charge is 0.441 e. The Morgan fingerprint density at radius 1 is 1.12 bits per heavy atom. The highest BCUT2D eigenvalue weighted by atomic mass is 127. The number of hydrogen-bond donors (Lipinski definition) is 3. The number of halogens is 1. The van der Waals surface area contributed by atoms with Gasteiger partial charge in [-0.25, -0.2) is 8.00 Å². The van der Waals surface area contributed by atoms with Crippen molar-refractivity contribution in [3.05, 3.63) is 82.9 Å². The van der Waals surface area contributed by atoms with E-state index in [4.69, 9.17) is 15.2 Å². The molecule has 0 saturated heterocycles. The van der Waals surface area contributed by atoms with Gasteiger partial charge in [-0.2, -0.15) is 10.2 Å². The van der Waals surface area contributed by atoms with Gasteiger partial charge in [-0.05, 0) is 29.5 Å². The minimum absolute atomic E-state index is 0.0469. The number of fused-ring (bicyclic) bond motifs is 2. The number of rotatable bonds is 16. The summed E-state index contributed by atoms with van der Waals surface area (Å²) >= 11 is 1.92. The van der Waals surface area contributed by atoms with Crippen molar-refractivity contribution in [1.29, 1.82) is 0 Å². The van der Waals surface area contributed by atoms with E-state index in [1.807, 2.05) is 71.4 Å². The number of alkyl carbamates (subject to hydrolysis) is 1. The number of nitrogens with two attached hydrogens (primary N) is 1. The lowest BCUT2D eigenvalue weighted by Gasteiger charge is -2.27. The lowest BCUT2D eigenvalue weighted by Crippen LogP contribution is -2.30. The lowest BCUT2D eigenvalue weighted by molar-refractivity contribution is 0.0918. The molecule has 0 aliphatic heterocycles. The van der Waals surface area contributed by atoms with Crippen LogP contribution in [0.15, 0.2) is 74.1 Å². The molecule has 3 rings (SSSR count). The van der Waals surface area contributed by atoms with E-state index >= 15 is 0 Å². The predicted molar refractivity (Wildman–Crippen MR) is 183 cm³/mol. The van der Waals surface area contributed by atoms with Gasteiger partial charge in [0, 0.05) is 61.2 Å². The van der Waals surface area contributed by atoms with E-state index in [2.05, 4.69) is 25.3 Å². The Labute approximate surface area is 269 Å². The first-order valence-corrected chi connectivity index (χ1v) is 17.2. The van der Waals surface area contributed by atoms with Crippen LogP contribution in [0, 0.1) is 0 Å². The summed E-state index contributed by atoms with van der Waals surface area (Å²) in [6.07, 6.45) is 1.60. The Hall–Kier alpha value is -2.39. The van der Waals surface area contributed by atoms with E-state index in [0.717, 1.165) is 57.7 Å². The number of azo groups is 1. The van der Waals surface area contributed by atoms with Gasteiger partial charge in [-0.1, -0.05) is 76.7 Å². The zero-order valence-corrected chi connectivity index (χ0v) is 27.6. The van der Waals surface area contributed by atoms with E-state index in [9.17, 15) is 9.90 Å².